The van der Waals surface area contributed by atoms with E-state index in [1.807, 2.05) is 0 Å². The third-order valence-electron chi connectivity index (χ3n) is 10.7. The highest BCUT2D eigenvalue weighted by atomic mass is 16.5. The van der Waals surface area contributed by atoms with E-state index in [1.165, 1.54) is 65.6 Å². The van der Waals surface area contributed by atoms with Gasteiger partial charge in [-0.05, 0) is 90.8 Å². The predicted octanol–water partition coefficient (Wildman–Crippen LogP) is 7.05. The van der Waals surface area contributed by atoms with Gasteiger partial charge in [-0.2, -0.15) is 0 Å². The van der Waals surface area contributed by atoms with Gasteiger partial charge in [-0.3, -0.25) is 9.59 Å². The highest BCUT2D eigenvalue weighted by molar-refractivity contribution is 5.71. The molecule has 3 rings (SSSR count). The molecule has 0 N–H and O–H groups in total. The second kappa shape index (κ2) is 10.7. The highest BCUT2D eigenvalue weighted by Gasteiger charge is 2.60. The molecule has 0 aromatic carbocycles. The number of hydrogen-bond acceptors (Lipinski definition) is 4. The molecule has 190 valence electrons. The first kappa shape index (κ1) is 26.5. The Balaban J connectivity index is 1.79. The molecule has 0 radical (unpaired) electrons. The monoisotopic (exact) mass is 462 g/mol. The van der Waals surface area contributed by atoms with E-state index in [0.29, 0.717) is 30.1 Å². The molecule has 3 saturated carbocycles. The lowest BCUT2D eigenvalue weighted by molar-refractivity contribution is -0.159. The minimum Gasteiger partial charge on any atom is -0.469 e. The Morgan fingerprint density at radius 1 is 0.879 bits per heavy atom. The van der Waals surface area contributed by atoms with Crippen LogP contribution in [-0.4, -0.2) is 26.2 Å². The summed E-state index contributed by atoms with van der Waals surface area (Å²) in [5.74, 6) is 4.26. The van der Waals surface area contributed by atoms with Crippen LogP contribution in [-0.2, 0) is 19.1 Å². The lowest BCUT2D eigenvalue weighted by Crippen LogP contribution is -2.53. The fourth-order valence-electron chi connectivity index (χ4n) is 8.84. The normalized spacial score (nSPS) is 39.0. The maximum atomic E-state index is 12.5. The fourth-order valence-corrected chi connectivity index (χ4v) is 8.84. The summed E-state index contributed by atoms with van der Waals surface area (Å²) in [4.78, 5) is 24.7. The zero-order chi connectivity index (χ0) is 24.4. The third kappa shape index (κ3) is 5.30. The third-order valence-corrected chi connectivity index (χ3v) is 10.7. The quantitative estimate of drug-likeness (QED) is 0.344. The summed E-state index contributed by atoms with van der Waals surface area (Å²) in [7, 11) is 2.96. The van der Waals surface area contributed by atoms with E-state index in [2.05, 4.69) is 34.6 Å². The summed E-state index contributed by atoms with van der Waals surface area (Å²) in [5.41, 5.74) is 0.242. The summed E-state index contributed by atoms with van der Waals surface area (Å²) < 4.78 is 10.2. The number of ether oxygens (including phenoxy) is 2. The molecule has 8 atom stereocenters. The van der Waals surface area contributed by atoms with Crippen LogP contribution in [0.4, 0.5) is 0 Å². The number of esters is 2. The van der Waals surface area contributed by atoms with Gasteiger partial charge < -0.3 is 9.47 Å². The van der Waals surface area contributed by atoms with Gasteiger partial charge in [-0.15, -0.1) is 0 Å². The van der Waals surface area contributed by atoms with Crippen molar-refractivity contribution < 1.29 is 19.1 Å². The molecule has 0 aliphatic heterocycles. The summed E-state index contributed by atoms with van der Waals surface area (Å²) >= 11 is 0. The number of methoxy groups -OCH3 is 2. The van der Waals surface area contributed by atoms with E-state index in [9.17, 15) is 9.59 Å². The van der Waals surface area contributed by atoms with E-state index in [1.54, 1.807) is 0 Å². The lowest BCUT2D eigenvalue weighted by atomic mass is 9.45. The molecule has 0 spiro atoms. The summed E-state index contributed by atoms with van der Waals surface area (Å²) in [5, 5.41) is 0. The van der Waals surface area contributed by atoms with Crippen LogP contribution in [0.5, 0.6) is 0 Å². The molecule has 3 aliphatic carbocycles. The number of carbonyl (C=O) groups is 2. The van der Waals surface area contributed by atoms with Crippen molar-refractivity contribution in [3.63, 3.8) is 0 Å². The fraction of sp³-hybridized carbons (Fsp3) is 0.931. The van der Waals surface area contributed by atoms with Gasteiger partial charge in [-0.1, -0.05) is 53.9 Å². The van der Waals surface area contributed by atoms with Crippen molar-refractivity contribution in [3.8, 4) is 0 Å². The van der Waals surface area contributed by atoms with E-state index in [-0.39, 0.29) is 23.3 Å². The number of rotatable bonds is 9. The molecule has 0 bridgehead atoms. The Hall–Kier alpha value is -1.06. The second-order valence-corrected chi connectivity index (χ2v) is 12.7. The maximum absolute atomic E-state index is 12.5. The molecule has 4 heteroatoms. The number of fused-ring (bicyclic) bond motifs is 3. The molecule has 0 unspecified atom stereocenters. The van der Waals surface area contributed by atoms with Crippen LogP contribution in [0.15, 0.2) is 0 Å². The Morgan fingerprint density at radius 3 is 2.21 bits per heavy atom. The summed E-state index contributed by atoms with van der Waals surface area (Å²) in [6, 6.07) is 0. The van der Waals surface area contributed by atoms with E-state index >= 15 is 0 Å². The minimum atomic E-state index is -0.188. The average Bonchev–Trinajstić information content (AvgIpc) is 3.12. The molecule has 3 aliphatic rings. The van der Waals surface area contributed by atoms with E-state index in [4.69, 9.17) is 9.47 Å². The molecule has 0 aromatic heterocycles. The number of carbonyl (C=O) groups excluding carboxylic acids is 2. The van der Waals surface area contributed by atoms with Crippen molar-refractivity contribution >= 4 is 11.9 Å². The molecule has 3 fully saturated rings. The first-order valence-corrected chi connectivity index (χ1v) is 13.7. The summed E-state index contributed by atoms with van der Waals surface area (Å²) in [6.45, 7) is 12.1. The van der Waals surface area contributed by atoms with Gasteiger partial charge >= 0.3 is 11.9 Å². The van der Waals surface area contributed by atoms with Gasteiger partial charge in [0.15, 0.2) is 0 Å². The molecular weight excluding hydrogens is 412 g/mol. The smallest absolute Gasteiger partial charge is 0.306 e. The zero-order valence-corrected chi connectivity index (χ0v) is 22.5. The van der Waals surface area contributed by atoms with E-state index < -0.39 is 0 Å². The largest absolute Gasteiger partial charge is 0.469 e. The molecule has 0 heterocycles. The van der Waals surface area contributed by atoms with Crippen LogP contribution in [0, 0.1) is 52.3 Å². The molecule has 0 aromatic rings. The van der Waals surface area contributed by atoms with Gasteiger partial charge in [0, 0.05) is 6.42 Å². The van der Waals surface area contributed by atoms with Crippen LogP contribution >= 0.6 is 0 Å². The Bertz CT molecular complexity index is 687. The van der Waals surface area contributed by atoms with Crippen molar-refractivity contribution in [2.24, 2.45) is 52.3 Å². The first-order valence-electron chi connectivity index (χ1n) is 13.7. The van der Waals surface area contributed by atoms with Crippen molar-refractivity contribution in [3.05, 3.63) is 0 Å². The Kier molecular flexibility index (Phi) is 8.60. The molecular formula is C29H50O4. The maximum Gasteiger partial charge on any atom is 0.306 e. The van der Waals surface area contributed by atoms with Crippen molar-refractivity contribution in [1.29, 1.82) is 0 Å². The second-order valence-electron chi connectivity index (χ2n) is 12.7. The van der Waals surface area contributed by atoms with Crippen LogP contribution in [0.25, 0.3) is 0 Å². The average molecular weight is 463 g/mol. The molecule has 0 saturated heterocycles. The van der Waals surface area contributed by atoms with Crippen LogP contribution in [0.1, 0.15) is 105 Å². The Morgan fingerprint density at radius 2 is 1.58 bits per heavy atom. The number of hydrogen-bond donors (Lipinski definition) is 0. The molecule has 4 nitrogen and oxygen atoms in total. The van der Waals surface area contributed by atoms with Crippen molar-refractivity contribution in [2.45, 2.75) is 105 Å². The zero-order valence-electron chi connectivity index (χ0n) is 22.5. The first-order chi connectivity index (χ1) is 15.6. The highest BCUT2D eigenvalue weighted by Crippen LogP contribution is 2.67. The lowest BCUT2D eigenvalue weighted by Gasteiger charge is -2.59. The van der Waals surface area contributed by atoms with Crippen LogP contribution < -0.4 is 0 Å². The standard InChI is InChI=1S/C29H50O4/c1-19(2)9-8-10-20(3)23-13-14-24-22-12-11-21(17-26(30)32-6)29(5,18-27(31)33-7)25(22)15-16-28(23,24)4/h19-25H,8-18H2,1-7H3/t20-,21+,22-,23-,24+,25-,28+,29+/m1/s1. The van der Waals surface area contributed by atoms with Gasteiger partial charge in [0.2, 0.25) is 0 Å². The van der Waals surface area contributed by atoms with Crippen LogP contribution in [0.3, 0.4) is 0 Å². The Labute approximate surface area is 202 Å². The van der Waals surface area contributed by atoms with Crippen molar-refractivity contribution in [1.82, 2.24) is 0 Å². The van der Waals surface area contributed by atoms with Crippen LogP contribution in [0.2, 0.25) is 0 Å². The van der Waals surface area contributed by atoms with Crippen molar-refractivity contribution in [2.75, 3.05) is 14.2 Å². The van der Waals surface area contributed by atoms with Gasteiger partial charge in [0.25, 0.3) is 0 Å². The summed E-state index contributed by atoms with van der Waals surface area (Å²) in [6.07, 6.45) is 12.3. The predicted molar refractivity (Wildman–Crippen MR) is 132 cm³/mol. The van der Waals surface area contributed by atoms with Gasteiger partial charge in [0.05, 0.1) is 20.6 Å². The molecule has 33 heavy (non-hydrogen) atoms. The minimum absolute atomic E-state index is 0.135. The van der Waals surface area contributed by atoms with E-state index in [0.717, 1.165) is 30.1 Å². The molecule has 0 amide bonds. The SMILES string of the molecule is COC(=O)C[C@@H]1CC[C@H]2[C@@H](CC[C@@]3(C)[C@@H]([C@H](C)CCCC(C)C)CC[C@@H]23)[C@@]1(C)CC(=O)OC. The topological polar surface area (TPSA) is 52.6 Å². The van der Waals surface area contributed by atoms with Gasteiger partial charge in [0.1, 0.15) is 0 Å². The van der Waals surface area contributed by atoms with Gasteiger partial charge in [-0.25, -0.2) is 0 Å².